The Balaban J connectivity index is 1.77. The lowest BCUT2D eigenvalue weighted by Gasteiger charge is -2.35. The number of ketones is 1. The molecule has 0 N–H and O–H groups in total. The smallest absolute Gasteiger partial charge is 0.275 e. The quantitative estimate of drug-likeness (QED) is 0.233. The Hall–Kier alpha value is -1.74. The number of alkyl halides is 2. The van der Waals surface area contributed by atoms with E-state index in [0.29, 0.717) is 23.4 Å². The van der Waals surface area contributed by atoms with Gasteiger partial charge in [0.25, 0.3) is 17.7 Å². The molecule has 0 spiro atoms. The third-order valence-electron chi connectivity index (χ3n) is 6.56. The van der Waals surface area contributed by atoms with E-state index in [-0.39, 0.29) is 20.2 Å². The monoisotopic (exact) mass is 642 g/mol. The van der Waals surface area contributed by atoms with Crippen LogP contribution in [0.15, 0.2) is 42.5 Å². The molecular formula is C25H22Br2Cl2N2O4. The Morgan fingerprint density at radius 3 is 2.03 bits per heavy atom. The van der Waals surface area contributed by atoms with Gasteiger partial charge in [0.2, 0.25) is 0 Å². The highest BCUT2D eigenvalue weighted by Gasteiger charge is 2.55. The second-order valence-corrected chi connectivity index (χ2v) is 12.1. The first-order valence-corrected chi connectivity index (χ1v) is 13.6. The first-order chi connectivity index (χ1) is 16.5. The fourth-order valence-electron chi connectivity index (χ4n) is 4.59. The Bertz CT molecular complexity index is 1180. The van der Waals surface area contributed by atoms with Crippen molar-refractivity contribution in [2.45, 2.75) is 42.4 Å². The molecule has 1 saturated heterocycles. The minimum absolute atomic E-state index is 0.00178. The summed E-state index contributed by atoms with van der Waals surface area (Å²) in [6.07, 6.45) is 0.872. The molecule has 2 fully saturated rings. The molecule has 2 aliphatic rings. The van der Waals surface area contributed by atoms with Crippen LogP contribution in [0.4, 0.5) is 0 Å². The van der Waals surface area contributed by atoms with Crippen molar-refractivity contribution in [2.24, 2.45) is 11.8 Å². The maximum atomic E-state index is 13.8. The van der Waals surface area contributed by atoms with Gasteiger partial charge in [-0.3, -0.25) is 19.2 Å². The van der Waals surface area contributed by atoms with Crippen LogP contribution in [0, 0.1) is 18.8 Å². The molecule has 1 aliphatic heterocycles. The van der Waals surface area contributed by atoms with Crippen LogP contribution in [0.1, 0.15) is 46.0 Å². The molecule has 5 atom stereocenters. The van der Waals surface area contributed by atoms with Crippen molar-refractivity contribution in [1.82, 2.24) is 10.0 Å². The second-order valence-electron chi connectivity index (χ2n) is 8.88. The third kappa shape index (κ3) is 4.95. The fourth-order valence-corrected chi connectivity index (χ4v) is 6.31. The van der Waals surface area contributed by atoms with Gasteiger partial charge in [-0.15, -0.1) is 0 Å². The van der Waals surface area contributed by atoms with Crippen LogP contribution >= 0.6 is 55.1 Å². The summed E-state index contributed by atoms with van der Waals surface area (Å²) in [6, 6.07) is 10.1. The van der Waals surface area contributed by atoms with E-state index in [1.807, 2.05) is 6.92 Å². The van der Waals surface area contributed by atoms with Gasteiger partial charge in [0.1, 0.15) is 6.04 Å². The molecule has 6 nitrogen and oxygen atoms in total. The zero-order chi connectivity index (χ0) is 25.6. The summed E-state index contributed by atoms with van der Waals surface area (Å²) in [5.41, 5.74) is 1.37. The topological polar surface area (TPSA) is 74.8 Å². The van der Waals surface area contributed by atoms with Crippen molar-refractivity contribution in [3.8, 4) is 0 Å². The number of rotatable bonds is 5. The molecule has 1 aliphatic carbocycles. The van der Waals surface area contributed by atoms with E-state index in [1.54, 1.807) is 24.3 Å². The molecule has 1 saturated carbocycles. The van der Waals surface area contributed by atoms with Gasteiger partial charge in [0.15, 0.2) is 5.78 Å². The van der Waals surface area contributed by atoms with Gasteiger partial charge in [-0.05, 0) is 44.9 Å². The molecule has 0 bridgehead atoms. The molecule has 2 aromatic rings. The SMILES string of the molecule is Cc1ccc(C(=O)[C@H](C)N(C(=O)c2ccc(Cl)cc2Cl)N2C(=O)[C@@H]3C[C@H](Br)[C@@H](Br)C[C@H]3C2=O)cc1. The molecule has 0 radical (unpaired) electrons. The van der Waals surface area contributed by atoms with Crippen molar-refractivity contribution in [2.75, 3.05) is 0 Å². The number of benzene rings is 2. The zero-order valence-electron chi connectivity index (χ0n) is 18.9. The summed E-state index contributed by atoms with van der Waals surface area (Å²) < 4.78 is 0. The van der Waals surface area contributed by atoms with Gasteiger partial charge in [-0.25, -0.2) is 5.01 Å². The predicted molar refractivity (Wildman–Crippen MR) is 141 cm³/mol. The van der Waals surface area contributed by atoms with Crippen molar-refractivity contribution >= 4 is 78.6 Å². The molecule has 10 heteroatoms. The number of halogens is 4. The standard InChI is InChI=1S/C25H22Br2Cl2N2O4/c1-12-3-5-14(6-4-12)22(32)13(2)30(23(33)16-8-7-15(28)9-21(16)29)31-24(34)17-10-19(26)20(27)11-18(17)25(31)35/h3-9,13,17-20H,10-11H2,1-2H3/t13-,17+,18+,19-,20-/m0/s1. The number of hydrogen-bond donors (Lipinski definition) is 0. The van der Waals surface area contributed by atoms with Crippen LogP contribution in [0.25, 0.3) is 0 Å². The van der Waals surface area contributed by atoms with Crippen LogP contribution in [0.5, 0.6) is 0 Å². The summed E-state index contributed by atoms with van der Waals surface area (Å²) in [5, 5.41) is 2.21. The van der Waals surface area contributed by atoms with Crippen LogP contribution in [0.3, 0.4) is 0 Å². The fraction of sp³-hybridized carbons (Fsp3) is 0.360. The highest BCUT2D eigenvalue weighted by molar-refractivity contribution is 9.12. The van der Waals surface area contributed by atoms with E-state index in [2.05, 4.69) is 31.9 Å². The Morgan fingerprint density at radius 1 is 0.971 bits per heavy atom. The molecule has 0 aromatic heterocycles. The Labute approximate surface area is 230 Å². The van der Waals surface area contributed by atoms with E-state index >= 15 is 0 Å². The number of carbonyl (C=O) groups is 4. The van der Waals surface area contributed by atoms with Crippen molar-refractivity contribution < 1.29 is 19.2 Å². The lowest BCUT2D eigenvalue weighted by molar-refractivity contribution is -0.156. The Morgan fingerprint density at radius 2 is 1.51 bits per heavy atom. The minimum Gasteiger partial charge on any atom is -0.292 e. The summed E-state index contributed by atoms with van der Waals surface area (Å²) >= 11 is 19.5. The molecule has 2 aromatic carbocycles. The lowest BCUT2D eigenvalue weighted by Crippen LogP contribution is -2.56. The van der Waals surface area contributed by atoms with Crippen LogP contribution in [0.2, 0.25) is 10.0 Å². The molecule has 0 unspecified atom stereocenters. The van der Waals surface area contributed by atoms with Gasteiger partial charge in [0, 0.05) is 20.2 Å². The number of amides is 3. The maximum Gasteiger partial charge on any atom is 0.275 e. The predicted octanol–water partition coefficient (Wildman–Crippen LogP) is 5.85. The molecule has 1 heterocycles. The van der Waals surface area contributed by atoms with Crippen LogP contribution in [-0.4, -0.2) is 49.2 Å². The summed E-state index contributed by atoms with van der Waals surface area (Å²) in [4.78, 5) is 54.3. The summed E-state index contributed by atoms with van der Waals surface area (Å²) in [5.74, 6) is -3.30. The Kier molecular flexibility index (Phi) is 7.77. The normalized spacial score (nSPS) is 24.8. The average molecular weight is 645 g/mol. The van der Waals surface area contributed by atoms with Crippen LogP contribution < -0.4 is 0 Å². The first kappa shape index (κ1) is 26.3. The zero-order valence-corrected chi connectivity index (χ0v) is 23.6. The second kappa shape index (κ2) is 10.3. The highest BCUT2D eigenvalue weighted by Crippen LogP contribution is 2.44. The van der Waals surface area contributed by atoms with Gasteiger partial charge in [-0.2, -0.15) is 5.01 Å². The van der Waals surface area contributed by atoms with E-state index in [0.717, 1.165) is 15.6 Å². The molecule has 35 heavy (non-hydrogen) atoms. The first-order valence-electron chi connectivity index (χ1n) is 11.1. The van der Waals surface area contributed by atoms with Crippen LogP contribution in [-0.2, 0) is 9.59 Å². The molecule has 3 amide bonds. The van der Waals surface area contributed by atoms with Gasteiger partial charge >= 0.3 is 0 Å². The average Bonchev–Trinajstić information content (AvgIpc) is 3.04. The number of hydrogen-bond acceptors (Lipinski definition) is 4. The molecule has 4 rings (SSSR count). The lowest BCUT2D eigenvalue weighted by atomic mass is 9.81. The van der Waals surface area contributed by atoms with Gasteiger partial charge in [0.05, 0.1) is 22.4 Å². The minimum atomic E-state index is -1.15. The number of nitrogens with zero attached hydrogens (tertiary/aromatic N) is 2. The van der Waals surface area contributed by atoms with E-state index in [1.165, 1.54) is 25.1 Å². The number of hydrazine groups is 1. The number of Topliss-reactive ketones (excluding diaryl/α,β-unsaturated/α-hetero) is 1. The van der Waals surface area contributed by atoms with E-state index in [9.17, 15) is 19.2 Å². The largest absolute Gasteiger partial charge is 0.292 e. The van der Waals surface area contributed by atoms with Crippen molar-refractivity contribution in [3.63, 3.8) is 0 Å². The number of carbonyl (C=O) groups excluding carboxylic acids is 4. The number of aryl methyl sites for hydroxylation is 1. The number of fused-ring (bicyclic) bond motifs is 1. The number of imide groups is 1. The third-order valence-corrected chi connectivity index (χ3v) is 9.84. The van der Waals surface area contributed by atoms with Crippen molar-refractivity contribution in [3.05, 3.63) is 69.2 Å². The maximum absolute atomic E-state index is 13.8. The summed E-state index contributed by atoms with van der Waals surface area (Å²) in [7, 11) is 0. The molecular weight excluding hydrogens is 623 g/mol. The van der Waals surface area contributed by atoms with E-state index in [4.69, 9.17) is 23.2 Å². The molecule has 184 valence electrons. The highest BCUT2D eigenvalue weighted by atomic mass is 79.9. The van der Waals surface area contributed by atoms with Crippen molar-refractivity contribution in [1.29, 1.82) is 0 Å². The summed E-state index contributed by atoms with van der Waals surface area (Å²) in [6.45, 7) is 3.40. The van der Waals surface area contributed by atoms with Gasteiger partial charge in [-0.1, -0.05) is 84.9 Å². The van der Waals surface area contributed by atoms with Gasteiger partial charge < -0.3 is 0 Å². The van der Waals surface area contributed by atoms with E-state index < -0.39 is 41.4 Å².